The Morgan fingerprint density at radius 2 is 0.933 bits per heavy atom. The van der Waals surface area contributed by atoms with Crippen LogP contribution >= 0.6 is 0 Å². The topological polar surface area (TPSA) is 175 Å². The Bertz CT molecular complexity index is 2260. The predicted molar refractivity (Wildman–Crippen MR) is 224 cm³/mol. The van der Waals surface area contributed by atoms with Gasteiger partial charge in [-0.3, -0.25) is 9.59 Å². The van der Waals surface area contributed by atoms with Gasteiger partial charge in [0.05, 0.1) is 50.1 Å². The first-order valence-electron chi connectivity index (χ1n) is 20.0. The number of carbonyl (C=O) groups is 4. The van der Waals surface area contributed by atoms with Crippen LogP contribution in [0.4, 0.5) is 9.59 Å². The number of hydrogen-bond donors (Lipinski definition) is 4. The zero-order chi connectivity index (χ0) is 41.6. The molecule has 8 rings (SSSR count). The number of methoxy groups -OCH3 is 2. The van der Waals surface area contributed by atoms with Crippen LogP contribution in [0.2, 0.25) is 0 Å². The van der Waals surface area contributed by atoms with E-state index in [1.807, 2.05) is 84.9 Å². The van der Waals surface area contributed by atoms with E-state index in [1.165, 1.54) is 14.2 Å². The minimum Gasteiger partial charge on any atom is -0.453 e. The van der Waals surface area contributed by atoms with Crippen LogP contribution in [-0.2, 0) is 19.1 Å². The quantitative estimate of drug-likeness (QED) is 0.103. The molecule has 2 saturated heterocycles. The number of nitrogens with zero attached hydrogens (tertiary/aromatic N) is 4. The number of ether oxygens (including phenoxy) is 2. The third-order valence-electron chi connectivity index (χ3n) is 11.3. The van der Waals surface area contributed by atoms with Crippen LogP contribution in [0.3, 0.4) is 0 Å². The minimum absolute atomic E-state index is 0.216. The molecular formula is C46H46N8O6. The van der Waals surface area contributed by atoms with Crippen molar-refractivity contribution in [3.8, 4) is 33.6 Å². The Balaban J connectivity index is 0.928. The highest BCUT2D eigenvalue weighted by Crippen LogP contribution is 2.36. The van der Waals surface area contributed by atoms with Gasteiger partial charge < -0.3 is 39.9 Å². The lowest BCUT2D eigenvalue weighted by Gasteiger charge is -2.28. The van der Waals surface area contributed by atoms with Gasteiger partial charge in [0.1, 0.15) is 23.7 Å². The first-order chi connectivity index (χ1) is 29.3. The Morgan fingerprint density at radius 1 is 0.567 bits per heavy atom. The lowest BCUT2D eigenvalue weighted by Crippen LogP contribution is -2.42. The minimum atomic E-state index is -0.884. The number of alkyl carbamates (subject to hydrolysis) is 2. The number of aromatic nitrogens is 4. The number of imidazole rings is 2. The van der Waals surface area contributed by atoms with E-state index < -0.39 is 24.3 Å². The third kappa shape index (κ3) is 8.35. The maximum Gasteiger partial charge on any atom is 0.407 e. The van der Waals surface area contributed by atoms with E-state index in [1.54, 1.807) is 22.2 Å². The highest BCUT2D eigenvalue weighted by molar-refractivity contribution is 5.88. The second kappa shape index (κ2) is 17.7. The van der Waals surface area contributed by atoms with Gasteiger partial charge in [0.25, 0.3) is 11.8 Å². The molecule has 60 heavy (non-hydrogen) atoms. The van der Waals surface area contributed by atoms with Crippen molar-refractivity contribution in [2.75, 3.05) is 27.3 Å². The van der Waals surface area contributed by atoms with Crippen molar-refractivity contribution < 1.29 is 28.7 Å². The summed E-state index contributed by atoms with van der Waals surface area (Å²) in [5.41, 5.74) is 7.03. The largest absolute Gasteiger partial charge is 0.453 e. The number of nitrogens with one attached hydrogen (secondary N) is 4. The molecule has 14 heteroatoms. The van der Waals surface area contributed by atoms with Crippen LogP contribution in [-0.4, -0.2) is 81.0 Å². The number of aromatic amines is 2. The second-order valence-electron chi connectivity index (χ2n) is 14.9. The van der Waals surface area contributed by atoms with Gasteiger partial charge in [0.2, 0.25) is 0 Å². The lowest BCUT2D eigenvalue weighted by molar-refractivity contribution is -0.135. The van der Waals surface area contributed by atoms with E-state index in [4.69, 9.17) is 19.4 Å². The van der Waals surface area contributed by atoms with E-state index in [0.29, 0.717) is 35.9 Å². The molecule has 2 fully saturated rings. The molecule has 14 nitrogen and oxygen atoms in total. The van der Waals surface area contributed by atoms with Gasteiger partial charge in [0.15, 0.2) is 0 Å². The van der Waals surface area contributed by atoms with Gasteiger partial charge in [-0.1, -0.05) is 109 Å². The maximum absolute atomic E-state index is 13.9. The number of rotatable bonds is 11. The van der Waals surface area contributed by atoms with Gasteiger partial charge in [-0.15, -0.1) is 0 Å². The monoisotopic (exact) mass is 806 g/mol. The fraction of sp³-hybridized carbons (Fsp3) is 0.261. The first kappa shape index (κ1) is 39.6. The number of amides is 4. The predicted octanol–water partition coefficient (Wildman–Crippen LogP) is 7.66. The van der Waals surface area contributed by atoms with Crippen LogP contribution in [0.1, 0.15) is 72.6 Å². The second-order valence-corrected chi connectivity index (χ2v) is 14.9. The summed E-state index contributed by atoms with van der Waals surface area (Å²) < 4.78 is 9.65. The zero-order valence-corrected chi connectivity index (χ0v) is 33.3. The van der Waals surface area contributed by atoms with Crippen LogP contribution in [0.15, 0.2) is 122 Å². The Labute approximate surface area is 347 Å². The highest BCUT2D eigenvalue weighted by atomic mass is 16.5. The molecule has 4 heterocycles. The molecule has 0 saturated carbocycles. The first-order valence-corrected chi connectivity index (χ1v) is 20.0. The molecule has 0 aliphatic carbocycles. The molecular weight excluding hydrogens is 761 g/mol. The molecule has 4 aromatic carbocycles. The van der Waals surface area contributed by atoms with Gasteiger partial charge >= 0.3 is 12.2 Å². The highest BCUT2D eigenvalue weighted by Gasteiger charge is 2.38. The van der Waals surface area contributed by atoms with Crippen LogP contribution in [0.5, 0.6) is 0 Å². The number of likely N-dealkylation sites (tertiary alicyclic amines) is 2. The summed E-state index contributed by atoms with van der Waals surface area (Å²) in [7, 11) is 2.56. The standard InChI is InChI=1S/C46H46N8O6/c1-59-45(57)51-39(33-11-5-3-6-12-33)43(55)53-25-9-15-37(53)41-47-27-35(49-41)31-21-17-29(18-22-31)30-19-23-32(24-20-30)36-28-48-42(50-36)38-16-10-26-54(38)44(56)40(52-46(58)60-2)34-13-7-4-8-14-34/h3-8,11-14,17-24,27-28,37-40H,9-10,15-16,25-26H2,1-2H3,(H,47,49)(H,48,50)(H,51,57)(H,52,58)/t37?,38?,39-,40-/m0/s1. The lowest BCUT2D eigenvalue weighted by atomic mass is 10.0. The summed E-state index contributed by atoms with van der Waals surface area (Å²) in [5, 5.41) is 5.42. The number of carbonyl (C=O) groups excluding carboxylic acids is 4. The molecule has 4 amide bonds. The molecule has 2 unspecified atom stereocenters. The molecule has 306 valence electrons. The van der Waals surface area contributed by atoms with E-state index in [9.17, 15) is 19.2 Å². The molecule has 4 N–H and O–H groups in total. The van der Waals surface area contributed by atoms with E-state index >= 15 is 0 Å². The molecule has 4 atom stereocenters. The van der Waals surface area contributed by atoms with E-state index in [0.717, 1.165) is 59.3 Å². The molecule has 0 radical (unpaired) electrons. The molecule has 2 aliphatic rings. The fourth-order valence-corrected chi connectivity index (χ4v) is 8.17. The van der Waals surface area contributed by atoms with Gasteiger partial charge in [0, 0.05) is 13.1 Å². The number of hydrogen-bond acceptors (Lipinski definition) is 8. The van der Waals surface area contributed by atoms with Crippen molar-refractivity contribution in [2.45, 2.75) is 49.9 Å². The molecule has 6 aromatic rings. The smallest absolute Gasteiger partial charge is 0.407 e. The van der Waals surface area contributed by atoms with Crippen molar-refractivity contribution in [3.05, 3.63) is 144 Å². The van der Waals surface area contributed by atoms with Crippen molar-refractivity contribution >= 4 is 24.0 Å². The number of benzene rings is 4. The van der Waals surface area contributed by atoms with Gasteiger partial charge in [-0.2, -0.15) is 0 Å². The van der Waals surface area contributed by atoms with Crippen molar-refractivity contribution in [1.29, 1.82) is 0 Å². The number of H-pyrrole nitrogens is 2. The summed E-state index contributed by atoms with van der Waals surface area (Å²) in [6, 6.07) is 32.5. The molecule has 0 bridgehead atoms. The van der Waals surface area contributed by atoms with E-state index in [-0.39, 0.29) is 23.9 Å². The van der Waals surface area contributed by atoms with Crippen molar-refractivity contribution in [1.82, 2.24) is 40.4 Å². The molecule has 2 aliphatic heterocycles. The average molecular weight is 807 g/mol. The van der Waals surface area contributed by atoms with Crippen molar-refractivity contribution in [2.24, 2.45) is 0 Å². The normalized spacial score (nSPS) is 17.2. The third-order valence-corrected chi connectivity index (χ3v) is 11.3. The fourth-order valence-electron chi connectivity index (χ4n) is 8.17. The van der Waals surface area contributed by atoms with Crippen molar-refractivity contribution in [3.63, 3.8) is 0 Å². The summed E-state index contributed by atoms with van der Waals surface area (Å²) in [4.78, 5) is 72.1. The SMILES string of the molecule is COC(=O)N[C@H](C(=O)N1CCCC1c1ncc(-c2ccc(-c3ccc(-c4cnc(C5CCCN5C(=O)[C@@H](NC(=O)OC)c5ccccc5)[nH]4)cc3)cc2)[nH]1)c1ccccc1. The van der Waals surface area contributed by atoms with Crippen LogP contribution < -0.4 is 10.6 Å². The summed E-state index contributed by atoms with van der Waals surface area (Å²) in [5.74, 6) is 0.959. The van der Waals surface area contributed by atoms with Crippen LogP contribution in [0, 0.1) is 0 Å². The summed E-state index contributed by atoms with van der Waals surface area (Å²) in [6.45, 7) is 1.10. The van der Waals surface area contributed by atoms with Gasteiger partial charge in [-0.25, -0.2) is 19.6 Å². The van der Waals surface area contributed by atoms with E-state index in [2.05, 4.69) is 44.9 Å². The maximum atomic E-state index is 13.9. The Morgan fingerprint density at radius 3 is 1.30 bits per heavy atom. The Kier molecular flexibility index (Phi) is 11.7. The summed E-state index contributed by atoms with van der Waals surface area (Å²) >= 11 is 0. The molecule has 0 spiro atoms. The summed E-state index contributed by atoms with van der Waals surface area (Å²) in [6.07, 6.45) is 5.36. The average Bonchev–Trinajstić information content (AvgIpc) is 4.15. The zero-order valence-electron chi connectivity index (χ0n) is 33.3. The van der Waals surface area contributed by atoms with Gasteiger partial charge in [-0.05, 0) is 59.1 Å². The molecule has 2 aromatic heterocycles. The van der Waals surface area contributed by atoms with Crippen LogP contribution in [0.25, 0.3) is 33.6 Å². The Hall–Kier alpha value is -7.22.